The van der Waals surface area contributed by atoms with Crippen LogP contribution in [0, 0.1) is 0 Å². The van der Waals surface area contributed by atoms with Crippen LogP contribution in [0.2, 0.25) is 0 Å². The number of benzene rings is 1. The van der Waals surface area contributed by atoms with Crippen LogP contribution in [0.15, 0.2) is 29.3 Å². The number of sulfonamides is 1. The van der Waals surface area contributed by atoms with Crippen molar-refractivity contribution >= 4 is 37.8 Å². The maximum Gasteiger partial charge on any atom is 0.357 e. The lowest BCUT2D eigenvalue weighted by Gasteiger charge is -2.12. The number of aromatic nitrogens is 2. The number of aromatic amines is 1. The minimum Gasteiger partial charge on any atom is -0.461 e. The van der Waals surface area contributed by atoms with Crippen molar-refractivity contribution in [1.29, 1.82) is 0 Å². The molecule has 8 nitrogen and oxygen atoms in total. The average Bonchev–Trinajstić information content (AvgIpc) is 3.00. The number of nitrogens with zero attached hydrogens (tertiary/aromatic N) is 2. The van der Waals surface area contributed by atoms with E-state index < -0.39 is 16.0 Å². The second-order valence-corrected chi connectivity index (χ2v) is 8.30. The first-order chi connectivity index (χ1) is 12.8. The van der Waals surface area contributed by atoms with Gasteiger partial charge in [0, 0.05) is 43.1 Å². The molecule has 0 unspecified atom stereocenters. The lowest BCUT2D eigenvalue weighted by Crippen LogP contribution is -2.22. The molecule has 0 aliphatic rings. The van der Waals surface area contributed by atoms with Crippen LogP contribution in [0.3, 0.4) is 0 Å². The number of fused-ring (bicyclic) bond motifs is 3. The predicted molar refractivity (Wildman–Crippen MR) is 101 cm³/mol. The van der Waals surface area contributed by atoms with E-state index in [1.54, 1.807) is 31.3 Å². The van der Waals surface area contributed by atoms with Crippen LogP contribution < -0.4 is 0 Å². The molecule has 1 N–H and O–H groups in total. The van der Waals surface area contributed by atoms with Crippen LogP contribution in [0.25, 0.3) is 21.8 Å². The normalized spacial score (nSPS) is 12.2. The van der Waals surface area contributed by atoms with Crippen LogP contribution in [-0.2, 0) is 26.1 Å². The molecule has 27 heavy (non-hydrogen) atoms. The number of H-pyrrole nitrogens is 1. The van der Waals surface area contributed by atoms with Gasteiger partial charge < -0.3 is 14.5 Å². The largest absolute Gasteiger partial charge is 0.461 e. The van der Waals surface area contributed by atoms with Gasteiger partial charge in [-0.25, -0.2) is 22.5 Å². The smallest absolute Gasteiger partial charge is 0.357 e. The Balaban J connectivity index is 2.34. The summed E-state index contributed by atoms with van der Waals surface area (Å²) in [6, 6.07) is 4.84. The lowest BCUT2D eigenvalue weighted by atomic mass is 10.1. The van der Waals surface area contributed by atoms with Gasteiger partial charge in [0.2, 0.25) is 10.0 Å². The molecule has 144 valence electrons. The number of nitrogens with one attached hydrogen (secondary N) is 1. The quantitative estimate of drug-likeness (QED) is 0.647. The molecule has 3 aromatic rings. The molecule has 3 rings (SSSR count). The van der Waals surface area contributed by atoms with E-state index in [2.05, 4.69) is 9.97 Å². The van der Waals surface area contributed by atoms with Gasteiger partial charge in [0.05, 0.1) is 29.8 Å². The summed E-state index contributed by atoms with van der Waals surface area (Å²) in [7, 11) is 0.884. The van der Waals surface area contributed by atoms with Crippen molar-refractivity contribution < 1.29 is 22.7 Å². The zero-order chi connectivity index (χ0) is 19.8. The van der Waals surface area contributed by atoms with Crippen LogP contribution in [-0.4, -0.2) is 56.5 Å². The summed E-state index contributed by atoms with van der Waals surface area (Å²) >= 11 is 0. The number of esters is 1. The molecule has 0 radical (unpaired) electrons. The van der Waals surface area contributed by atoms with Gasteiger partial charge in [-0.3, -0.25) is 0 Å². The third-order valence-corrected chi connectivity index (χ3v) is 6.06. The van der Waals surface area contributed by atoms with Crippen LogP contribution in [0.5, 0.6) is 0 Å². The molecule has 0 saturated heterocycles. The van der Waals surface area contributed by atoms with Crippen LogP contribution in [0.4, 0.5) is 0 Å². The molecule has 0 aliphatic carbocycles. The first-order valence-electron chi connectivity index (χ1n) is 8.33. The SMILES string of the molecule is CCOC(=O)c1ncc2[nH]c3ccc(S(=O)(=O)N(C)C)cc3c2c1COC. The molecule has 0 aliphatic heterocycles. The van der Waals surface area contributed by atoms with Gasteiger partial charge in [-0.15, -0.1) is 0 Å². The van der Waals surface area contributed by atoms with E-state index in [1.807, 2.05) is 0 Å². The van der Waals surface area contributed by atoms with Crippen molar-refractivity contribution in [3.8, 4) is 0 Å². The minimum absolute atomic E-state index is 0.135. The average molecular weight is 391 g/mol. The van der Waals surface area contributed by atoms with E-state index in [1.165, 1.54) is 21.2 Å². The predicted octanol–water partition coefficient (Wildman–Crippen LogP) is 2.29. The summed E-state index contributed by atoms with van der Waals surface area (Å²) in [5, 5.41) is 1.37. The first-order valence-corrected chi connectivity index (χ1v) is 9.77. The lowest BCUT2D eigenvalue weighted by molar-refractivity contribution is 0.0514. The maximum absolute atomic E-state index is 12.5. The summed E-state index contributed by atoms with van der Waals surface area (Å²) in [6.07, 6.45) is 1.54. The van der Waals surface area contributed by atoms with Crippen LogP contribution in [0.1, 0.15) is 23.0 Å². The van der Waals surface area contributed by atoms with E-state index in [0.717, 1.165) is 9.82 Å². The van der Waals surface area contributed by atoms with Crippen molar-refractivity contribution in [2.75, 3.05) is 27.8 Å². The fourth-order valence-electron chi connectivity index (χ4n) is 2.97. The highest BCUT2D eigenvalue weighted by molar-refractivity contribution is 7.89. The highest BCUT2D eigenvalue weighted by atomic mass is 32.2. The summed E-state index contributed by atoms with van der Waals surface area (Å²) in [6.45, 7) is 2.08. The van der Waals surface area contributed by atoms with Gasteiger partial charge in [-0.05, 0) is 25.1 Å². The number of pyridine rings is 1. The minimum atomic E-state index is -3.59. The summed E-state index contributed by atoms with van der Waals surface area (Å²) in [5.74, 6) is -0.544. The molecule has 0 saturated carbocycles. The van der Waals surface area contributed by atoms with Crippen molar-refractivity contribution in [2.24, 2.45) is 0 Å². The Kier molecular flexibility index (Phi) is 5.18. The highest BCUT2D eigenvalue weighted by Gasteiger charge is 2.22. The third-order valence-electron chi connectivity index (χ3n) is 4.25. The molecule has 0 spiro atoms. The fraction of sp³-hybridized carbons (Fsp3) is 0.333. The van der Waals surface area contributed by atoms with Gasteiger partial charge in [-0.2, -0.15) is 0 Å². The van der Waals surface area contributed by atoms with E-state index in [0.29, 0.717) is 21.9 Å². The Morgan fingerprint density at radius 1 is 1.26 bits per heavy atom. The zero-order valence-electron chi connectivity index (χ0n) is 15.6. The molecule has 0 atom stereocenters. The Morgan fingerprint density at radius 3 is 2.63 bits per heavy atom. The van der Waals surface area contributed by atoms with E-state index in [-0.39, 0.29) is 23.8 Å². The Bertz CT molecular complexity index is 1120. The van der Waals surface area contributed by atoms with Gasteiger partial charge >= 0.3 is 5.97 Å². The molecule has 2 heterocycles. The molecule has 1 aromatic carbocycles. The second-order valence-electron chi connectivity index (χ2n) is 6.15. The van der Waals surface area contributed by atoms with E-state index in [9.17, 15) is 13.2 Å². The Morgan fingerprint density at radius 2 is 2.00 bits per heavy atom. The van der Waals surface area contributed by atoms with Gasteiger partial charge in [0.15, 0.2) is 5.69 Å². The van der Waals surface area contributed by atoms with Gasteiger partial charge in [0.1, 0.15) is 0 Å². The molecular formula is C18H21N3O5S. The molecule has 0 fully saturated rings. The maximum atomic E-state index is 12.5. The second kappa shape index (κ2) is 7.26. The summed E-state index contributed by atoms with van der Waals surface area (Å²) < 4.78 is 36.5. The summed E-state index contributed by atoms with van der Waals surface area (Å²) in [4.78, 5) is 19.9. The molecule has 9 heteroatoms. The number of methoxy groups -OCH3 is 1. The van der Waals surface area contributed by atoms with E-state index >= 15 is 0 Å². The van der Waals surface area contributed by atoms with Crippen molar-refractivity contribution in [2.45, 2.75) is 18.4 Å². The first kappa shape index (κ1) is 19.3. The molecular weight excluding hydrogens is 370 g/mol. The topological polar surface area (TPSA) is 102 Å². The number of ether oxygens (including phenoxy) is 2. The molecule has 2 aromatic heterocycles. The molecule has 0 bridgehead atoms. The van der Waals surface area contributed by atoms with Crippen molar-refractivity contribution in [3.05, 3.63) is 35.7 Å². The van der Waals surface area contributed by atoms with Gasteiger partial charge in [-0.1, -0.05) is 0 Å². The number of carbonyl (C=O) groups excluding carboxylic acids is 1. The number of hydrogen-bond acceptors (Lipinski definition) is 6. The number of carbonyl (C=O) groups is 1. The number of rotatable bonds is 6. The van der Waals surface area contributed by atoms with Gasteiger partial charge in [0.25, 0.3) is 0 Å². The fourth-order valence-corrected chi connectivity index (χ4v) is 3.90. The highest BCUT2D eigenvalue weighted by Crippen LogP contribution is 2.32. The summed E-state index contributed by atoms with van der Waals surface area (Å²) in [5.41, 5.74) is 2.14. The monoisotopic (exact) mass is 391 g/mol. The standard InChI is InChI=1S/C18H21N3O5S/c1-5-26-18(22)17-13(10-25-4)16-12-8-11(27(23,24)21(2)3)6-7-14(12)20-15(16)9-19-17/h6-9,20H,5,10H2,1-4H3. The van der Waals surface area contributed by atoms with Crippen LogP contribution >= 0.6 is 0 Å². The van der Waals surface area contributed by atoms with Crippen molar-refractivity contribution in [3.63, 3.8) is 0 Å². The Labute approximate surface area is 157 Å². The number of hydrogen-bond donors (Lipinski definition) is 1. The molecule has 0 amide bonds. The zero-order valence-corrected chi connectivity index (χ0v) is 16.4. The third kappa shape index (κ3) is 3.29. The Hall–Kier alpha value is -2.49. The van der Waals surface area contributed by atoms with E-state index in [4.69, 9.17) is 9.47 Å². The van der Waals surface area contributed by atoms with Crippen molar-refractivity contribution in [1.82, 2.24) is 14.3 Å².